The second-order valence-corrected chi connectivity index (χ2v) is 5.62. The van der Waals surface area contributed by atoms with Gasteiger partial charge < -0.3 is 0 Å². The van der Waals surface area contributed by atoms with Crippen LogP contribution in [0.25, 0.3) is 10.8 Å². The first-order valence-electron chi connectivity index (χ1n) is 7.15. The van der Waals surface area contributed by atoms with E-state index in [-0.39, 0.29) is 0 Å². The normalized spacial score (nSPS) is 17.6. The van der Waals surface area contributed by atoms with Crippen LogP contribution < -0.4 is 0 Å². The Balaban J connectivity index is 2.06. The first-order chi connectivity index (χ1) is 9.55. The molecule has 0 atom stereocenters. The molecule has 1 aliphatic rings. The predicted octanol–water partition coefficient (Wildman–Crippen LogP) is 5.91. The lowest BCUT2D eigenvalue weighted by Gasteiger charge is -2.23. The van der Waals surface area contributed by atoms with Crippen LogP contribution in [0.1, 0.15) is 49.1 Å². The fraction of sp³-hybridized carbons (Fsp3) is 0.412. The zero-order chi connectivity index (χ0) is 14.2. The molecule has 0 amide bonds. The van der Waals surface area contributed by atoms with E-state index in [0.717, 1.165) is 18.2 Å². The summed E-state index contributed by atoms with van der Waals surface area (Å²) >= 11 is 0. The largest absolute Gasteiger partial charge is 0.416 e. The van der Waals surface area contributed by atoms with Crippen LogP contribution in [0.15, 0.2) is 36.4 Å². The summed E-state index contributed by atoms with van der Waals surface area (Å²) in [6.45, 7) is 0. The van der Waals surface area contributed by atoms with Gasteiger partial charge in [0.25, 0.3) is 0 Å². The van der Waals surface area contributed by atoms with E-state index in [1.54, 1.807) is 12.1 Å². The average molecular weight is 278 g/mol. The smallest absolute Gasteiger partial charge is 0.166 e. The maximum absolute atomic E-state index is 12.8. The van der Waals surface area contributed by atoms with Gasteiger partial charge in [-0.3, -0.25) is 0 Å². The minimum Gasteiger partial charge on any atom is -0.166 e. The van der Waals surface area contributed by atoms with Crippen molar-refractivity contribution in [3.63, 3.8) is 0 Å². The number of halogens is 3. The molecule has 106 valence electrons. The van der Waals surface area contributed by atoms with Crippen LogP contribution in [0.5, 0.6) is 0 Å². The molecule has 3 rings (SSSR count). The second-order valence-electron chi connectivity index (χ2n) is 5.62. The van der Waals surface area contributed by atoms with Crippen molar-refractivity contribution < 1.29 is 13.2 Å². The lowest BCUT2D eigenvalue weighted by molar-refractivity contribution is -0.137. The van der Waals surface area contributed by atoms with Crippen molar-refractivity contribution in [1.82, 2.24) is 0 Å². The molecule has 3 heteroatoms. The predicted molar refractivity (Wildman–Crippen MR) is 74.8 cm³/mol. The number of hydrogen-bond acceptors (Lipinski definition) is 0. The molecule has 2 aromatic rings. The maximum Gasteiger partial charge on any atom is 0.416 e. The van der Waals surface area contributed by atoms with Crippen molar-refractivity contribution in [3.05, 3.63) is 47.5 Å². The Labute approximate surface area is 116 Å². The van der Waals surface area contributed by atoms with Crippen LogP contribution in [0, 0.1) is 0 Å². The van der Waals surface area contributed by atoms with Gasteiger partial charge in [-0.2, -0.15) is 13.2 Å². The van der Waals surface area contributed by atoms with Gasteiger partial charge in [0.05, 0.1) is 5.56 Å². The zero-order valence-electron chi connectivity index (χ0n) is 11.2. The van der Waals surface area contributed by atoms with Gasteiger partial charge >= 0.3 is 6.18 Å². The summed E-state index contributed by atoms with van der Waals surface area (Å²) < 4.78 is 38.3. The van der Waals surface area contributed by atoms with E-state index in [1.807, 2.05) is 6.07 Å². The van der Waals surface area contributed by atoms with Crippen molar-refractivity contribution in [2.45, 2.75) is 44.2 Å². The van der Waals surface area contributed by atoms with Crippen molar-refractivity contribution in [2.75, 3.05) is 0 Å². The molecule has 1 aliphatic carbocycles. The monoisotopic (exact) mass is 278 g/mol. The standard InChI is InChI=1S/C17H17F3/c18-17(19,20)14-9-10-16-13(11-14)7-4-8-15(16)12-5-2-1-3-6-12/h4,7-12H,1-3,5-6H2. The van der Waals surface area contributed by atoms with Gasteiger partial charge in [-0.05, 0) is 47.2 Å². The molecule has 0 bridgehead atoms. The third kappa shape index (κ3) is 2.54. The number of hydrogen-bond donors (Lipinski definition) is 0. The molecular weight excluding hydrogens is 261 g/mol. The van der Waals surface area contributed by atoms with E-state index in [0.29, 0.717) is 11.3 Å². The van der Waals surface area contributed by atoms with Gasteiger partial charge in [0.15, 0.2) is 0 Å². The molecule has 0 unspecified atom stereocenters. The van der Waals surface area contributed by atoms with E-state index >= 15 is 0 Å². The Kier molecular flexibility index (Phi) is 3.45. The summed E-state index contributed by atoms with van der Waals surface area (Å²) in [6.07, 6.45) is 1.76. The quantitative estimate of drug-likeness (QED) is 0.608. The molecule has 1 saturated carbocycles. The fourth-order valence-electron chi connectivity index (χ4n) is 3.25. The Morgan fingerprint density at radius 2 is 1.65 bits per heavy atom. The minimum atomic E-state index is -4.27. The number of rotatable bonds is 1. The Bertz CT molecular complexity index is 607. The molecule has 0 N–H and O–H groups in total. The van der Waals surface area contributed by atoms with Gasteiger partial charge in [-0.15, -0.1) is 0 Å². The van der Waals surface area contributed by atoms with Crippen LogP contribution in [-0.4, -0.2) is 0 Å². The summed E-state index contributed by atoms with van der Waals surface area (Å²) in [6, 6.07) is 9.84. The molecule has 0 saturated heterocycles. The number of alkyl halides is 3. The zero-order valence-corrected chi connectivity index (χ0v) is 11.2. The summed E-state index contributed by atoms with van der Waals surface area (Å²) in [5, 5.41) is 1.68. The Morgan fingerprint density at radius 3 is 2.35 bits per heavy atom. The molecular formula is C17H17F3. The lowest BCUT2D eigenvalue weighted by atomic mass is 9.82. The lowest BCUT2D eigenvalue weighted by Crippen LogP contribution is -2.06. The highest BCUT2D eigenvalue weighted by atomic mass is 19.4. The first-order valence-corrected chi connectivity index (χ1v) is 7.15. The summed E-state index contributed by atoms with van der Waals surface area (Å²) in [5.74, 6) is 0.504. The van der Waals surface area contributed by atoms with Crippen LogP contribution in [0.2, 0.25) is 0 Å². The van der Waals surface area contributed by atoms with E-state index in [1.165, 1.54) is 37.0 Å². The molecule has 2 aromatic carbocycles. The number of benzene rings is 2. The third-order valence-corrected chi connectivity index (χ3v) is 4.29. The van der Waals surface area contributed by atoms with Gasteiger partial charge in [0.1, 0.15) is 0 Å². The highest BCUT2D eigenvalue weighted by Crippen LogP contribution is 2.38. The van der Waals surface area contributed by atoms with E-state index in [2.05, 4.69) is 6.07 Å². The van der Waals surface area contributed by atoms with E-state index < -0.39 is 11.7 Å². The topological polar surface area (TPSA) is 0 Å². The van der Waals surface area contributed by atoms with E-state index in [4.69, 9.17) is 0 Å². The first kappa shape index (κ1) is 13.5. The Morgan fingerprint density at radius 1 is 0.900 bits per heavy atom. The van der Waals surface area contributed by atoms with Crippen LogP contribution in [-0.2, 0) is 6.18 Å². The molecule has 0 nitrogen and oxygen atoms in total. The summed E-state index contributed by atoms with van der Waals surface area (Å²) in [4.78, 5) is 0. The third-order valence-electron chi connectivity index (χ3n) is 4.29. The molecule has 0 radical (unpaired) electrons. The average Bonchev–Trinajstić information content (AvgIpc) is 2.46. The summed E-state index contributed by atoms with van der Waals surface area (Å²) in [7, 11) is 0. The summed E-state index contributed by atoms with van der Waals surface area (Å²) in [5.41, 5.74) is 0.654. The number of fused-ring (bicyclic) bond motifs is 1. The van der Waals surface area contributed by atoms with Crippen molar-refractivity contribution in [3.8, 4) is 0 Å². The highest BCUT2D eigenvalue weighted by Gasteiger charge is 2.30. The van der Waals surface area contributed by atoms with Crippen LogP contribution >= 0.6 is 0 Å². The molecule has 0 spiro atoms. The SMILES string of the molecule is FC(F)(F)c1ccc2c(C3CCCCC3)cccc2c1. The molecule has 1 fully saturated rings. The molecule has 0 aliphatic heterocycles. The van der Waals surface area contributed by atoms with Crippen molar-refractivity contribution in [2.24, 2.45) is 0 Å². The van der Waals surface area contributed by atoms with Crippen LogP contribution in [0.4, 0.5) is 13.2 Å². The van der Waals surface area contributed by atoms with Gasteiger partial charge in [0.2, 0.25) is 0 Å². The highest BCUT2D eigenvalue weighted by molar-refractivity contribution is 5.87. The van der Waals surface area contributed by atoms with Crippen LogP contribution in [0.3, 0.4) is 0 Å². The van der Waals surface area contributed by atoms with Crippen molar-refractivity contribution in [1.29, 1.82) is 0 Å². The second kappa shape index (κ2) is 5.12. The maximum atomic E-state index is 12.8. The minimum absolute atomic E-state index is 0.504. The fourth-order valence-corrected chi connectivity index (χ4v) is 3.25. The molecule has 0 aromatic heterocycles. The van der Waals surface area contributed by atoms with Gasteiger partial charge in [0, 0.05) is 0 Å². The van der Waals surface area contributed by atoms with Gasteiger partial charge in [-0.1, -0.05) is 43.5 Å². The molecule has 0 heterocycles. The van der Waals surface area contributed by atoms with Crippen molar-refractivity contribution >= 4 is 10.8 Å². The van der Waals surface area contributed by atoms with Gasteiger partial charge in [-0.25, -0.2) is 0 Å². The molecule has 20 heavy (non-hydrogen) atoms. The Hall–Kier alpha value is -1.51. The van der Waals surface area contributed by atoms with E-state index in [9.17, 15) is 13.2 Å².